The third-order valence-corrected chi connectivity index (χ3v) is 4.71. The van der Waals surface area contributed by atoms with Crippen molar-refractivity contribution in [1.29, 1.82) is 0 Å². The van der Waals surface area contributed by atoms with E-state index < -0.39 is 0 Å². The molecule has 1 aliphatic heterocycles. The van der Waals surface area contributed by atoms with Crippen LogP contribution in [0.1, 0.15) is 29.5 Å². The van der Waals surface area contributed by atoms with E-state index in [1.54, 1.807) is 11.8 Å². The Bertz CT molecular complexity index is 775. The summed E-state index contributed by atoms with van der Waals surface area (Å²) in [6.45, 7) is 5.70. The van der Waals surface area contributed by atoms with E-state index in [4.69, 9.17) is 5.73 Å². The van der Waals surface area contributed by atoms with Crippen LogP contribution in [-0.4, -0.2) is 45.9 Å². The number of aldehydes is 1. The molecule has 7 heteroatoms. The Kier molecular flexibility index (Phi) is 5.68. The molecule has 26 heavy (non-hydrogen) atoms. The molecule has 1 aromatic carbocycles. The zero-order chi connectivity index (χ0) is 18.5. The third-order valence-electron chi connectivity index (χ3n) is 4.71. The highest BCUT2D eigenvalue weighted by atomic mass is 16.3. The summed E-state index contributed by atoms with van der Waals surface area (Å²) in [5.74, 6) is 0.693. The minimum absolute atomic E-state index is 0.160. The first-order valence-electron chi connectivity index (χ1n) is 8.88. The zero-order valence-corrected chi connectivity index (χ0v) is 15.1. The molecule has 2 heterocycles. The Labute approximate surface area is 153 Å². The Balaban J connectivity index is 1.81. The largest absolute Gasteiger partial charge is 0.479 e. The molecule has 1 aliphatic rings. The van der Waals surface area contributed by atoms with Crippen molar-refractivity contribution in [3.8, 4) is 6.01 Å². The molecule has 0 saturated carbocycles. The number of benzene rings is 1. The summed E-state index contributed by atoms with van der Waals surface area (Å²) in [6, 6.07) is 7.98. The van der Waals surface area contributed by atoms with E-state index >= 15 is 0 Å². The number of aromatic nitrogens is 2. The Morgan fingerprint density at radius 2 is 2.00 bits per heavy atom. The lowest BCUT2D eigenvalue weighted by molar-refractivity contribution is -0.106. The number of rotatable bonds is 7. The van der Waals surface area contributed by atoms with Crippen molar-refractivity contribution in [2.24, 2.45) is 0 Å². The second-order valence-corrected chi connectivity index (χ2v) is 6.71. The molecule has 0 unspecified atom stereocenters. The molecule has 1 saturated heterocycles. The van der Waals surface area contributed by atoms with Gasteiger partial charge in [0, 0.05) is 18.7 Å². The van der Waals surface area contributed by atoms with Crippen molar-refractivity contribution in [1.82, 2.24) is 14.9 Å². The van der Waals surface area contributed by atoms with Gasteiger partial charge in [-0.1, -0.05) is 24.3 Å². The number of aromatic hydroxyl groups is 1. The van der Waals surface area contributed by atoms with Gasteiger partial charge >= 0.3 is 6.01 Å². The molecule has 138 valence electrons. The number of anilines is 2. The smallest absolute Gasteiger partial charge is 0.317 e. The first-order valence-corrected chi connectivity index (χ1v) is 8.88. The maximum absolute atomic E-state index is 11.2. The number of nitrogens with two attached hydrogens (primary N) is 1. The molecule has 0 atom stereocenters. The predicted molar refractivity (Wildman–Crippen MR) is 101 cm³/mol. The fraction of sp³-hybridized carbons (Fsp3) is 0.421. The highest BCUT2D eigenvalue weighted by Crippen LogP contribution is 2.25. The summed E-state index contributed by atoms with van der Waals surface area (Å²) in [6.07, 6.45) is 3.36. The highest BCUT2D eigenvalue weighted by molar-refractivity contribution is 5.64. The lowest BCUT2D eigenvalue weighted by Gasteiger charge is -2.24. The first-order chi connectivity index (χ1) is 12.6. The summed E-state index contributed by atoms with van der Waals surface area (Å²) in [7, 11) is 0. The Morgan fingerprint density at radius 3 is 2.73 bits per heavy atom. The van der Waals surface area contributed by atoms with Gasteiger partial charge in [0.2, 0.25) is 0 Å². The van der Waals surface area contributed by atoms with Crippen molar-refractivity contribution < 1.29 is 9.90 Å². The van der Waals surface area contributed by atoms with Crippen LogP contribution in [0.25, 0.3) is 0 Å². The Morgan fingerprint density at radius 1 is 1.27 bits per heavy atom. The normalized spacial score (nSPS) is 14.5. The average Bonchev–Trinajstić information content (AvgIpc) is 3.11. The highest BCUT2D eigenvalue weighted by Gasteiger charge is 2.17. The second-order valence-electron chi connectivity index (χ2n) is 6.71. The predicted octanol–water partition coefficient (Wildman–Crippen LogP) is 1.87. The quantitative estimate of drug-likeness (QED) is 0.732. The van der Waals surface area contributed by atoms with Gasteiger partial charge in [0.05, 0.1) is 6.54 Å². The SMILES string of the molecule is Cc1c(N)nc(O)nc1N(CC=O)Cc1cccc(CN2CCCC2)c1. The van der Waals surface area contributed by atoms with Gasteiger partial charge in [-0.2, -0.15) is 9.97 Å². The molecule has 0 spiro atoms. The maximum Gasteiger partial charge on any atom is 0.317 e. The molecule has 7 nitrogen and oxygen atoms in total. The van der Waals surface area contributed by atoms with Crippen LogP contribution in [0.3, 0.4) is 0 Å². The molecule has 0 aliphatic carbocycles. The van der Waals surface area contributed by atoms with Crippen molar-refractivity contribution in [3.05, 3.63) is 41.0 Å². The minimum Gasteiger partial charge on any atom is -0.479 e. The van der Waals surface area contributed by atoms with E-state index in [-0.39, 0.29) is 18.4 Å². The van der Waals surface area contributed by atoms with Crippen molar-refractivity contribution in [2.75, 3.05) is 30.3 Å². The topological polar surface area (TPSA) is 95.6 Å². The van der Waals surface area contributed by atoms with E-state index in [1.165, 1.54) is 18.4 Å². The molecule has 1 fully saturated rings. The van der Waals surface area contributed by atoms with Crippen LogP contribution in [-0.2, 0) is 17.9 Å². The van der Waals surface area contributed by atoms with Crippen LogP contribution in [0.15, 0.2) is 24.3 Å². The standard InChI is InChI=1S/C19H25N5O2/c1-14-17(20)21-19(26)22-18(14)24(9-10-25)13-16-6-4-5-15(11-16)12-23-7-2-3-8-23/h4-6,10-11H,2-3,7-9,12-13H2,1H3,(H3,20,21,22,26). The lowest BCUT2D eigenvalue weighted by atomic mass is 10.1. The van der Waals surface area contributed by atoms with Crippen LogP contribution in [0, 0.1) is 6.92 Å². The van der Waals surface area contributed by atoms with Crippen molar-refractivity contribution in [3.63, 3.8) is 0 Å². The number of nitrogen functional groups attached to an aromatic ring is 1. The number of carbonyl (C=O) groups excluding carboxylic acids is 1. The van der Waals surface area contributed by atoms with E-state index in [0.717, 1.165) is 31.5 Å². The van der Waals surface area contributed by atoms with Crippen LogP contribution in [0.4, 0.5) is 11.6 Å². The number of carbonyl (C=O) groups is 1. The van der Waals surface area contributed by atoms with Crippen LogP contribution < -0.4 is 10.6 Å². The summed E-state index contributed by atoms with van der Waals surface area (Å²) in [5.41, 5.74) is 8.83. The van der Waals surface area contributed by atoms with Gasteiger partial charge in [0.1, 0.15) is 17.9 Å². The van der Waals surface area contributed by atoms with E-state index in [2.05, 4.69) is 27.0 Å². The van der Waals surface area contributed by atoms with Gasteiger partial charge < -0.3 is 20.5 Å². The minimum atomic E-state index is -0.387. The van der Waals surface area contributed by atoms with Crippen molar-refractivity contribution >= 4 is 17.9 Å². The average molecular weight is 355 g/mol. The second kappa shape index (κ2) is 8.14. The lowest BCUT2D eigenvalue weighted by Crippen LogP contribution is -2.27. The van der Waals surface area contributed by atoms with Crippen molar-refractivity contribution in [2.45, 2.75) is 32.9 Å². The molecule has 0 radical (unpaired) electrons. The van der Waals surface area contributed by atoms with Crippen LogP contribution in [0.2, 0.25) is 0 Å². The number of nitrogens with zero attached hydrogens (tertiary/aromatic N) is 4. The number of hydrogen-bond acceptors (Lipinski definition) is 7. The summed E-state index contributed by atoms with van der Waals surface area (Å²) in [4.78, 5) is 23.3. The molecule has 0 amide bonds. The molecule has 3 N–H and O–H groups in total. The summed E-state index contributed by atoms with van der Waals surface area (Å²) >= 11 is 0. The first kappa shape index (κ1) is 18.1. The van der Waals surface area contributed by atoms with Gasteiger partial charge in [-0.25, -0.2) is 0 Å². The fourth-order valence-corrected chi connectivity index (χ4v) is 3.38. The molecule has 3 rings (SSSR count). The fourth-order valence-electron chi connectivity index (χ4n) is 3.38. The van der Waals surface area contributed by atoms with E-state index in [0.29, 0.717) is 17.9 Å². The van der Waals surface area contributed by atoms with Gasteiger partial charge in [-0.15, -0.1) is 0 Å². The van der Waals surface area contributed by atoms with Crippen LogP contribution >= 0.6 is 0 Å². The van der Waals surface area contributed by atoms with Crippen LogP contribution in [0.5, 0.6) is 6.01 Å². The molecular formula is C19H25N5O2. The van der Waals surface area contributed by atoms with Gasteiger partial charge in [0.15, 0.2) is 0 Å². The van der Waals surface area contributed by atoms with Gasteiger partial charge in [-0.05, 0) is 44.0 Å². The summed E-state index contributed by atoms with van der Waals surface area (Å²) in [5, 5.41) is 9.68. The van der Waals surface area contributed by atoms with E-state index in [9.17, 15) is 9.90 Å². The van der Waals surface area contributed by atoms with Gasteiger partial charge in [-0.3, -0.25) is 4.90 Å². The summed E-state index contributed by atoms with van der Waals surface area (Å²) < 4.78 is 0. The molecule has 0 bridgehead atoms. The van der Waals surface area contributed by atoms with E-state index in [1.807, 2.05) is 12.1 Å². The molecular weight excluding hydrogens is 330 g/mol. The Hall–Kier alpha value is -2.67. The third kappa shape index (κ3) is 4.29. The molecule has 2 aromatic rings. The zero-order valence-electron chi connectivity index (χ0n) is 15.1. The molecule has 1 aromatic heterocycles. The number of likely N-dealkylation sites (tertiary alicyclic amines) is 1. The monoisotopic (exact) mass is 355 g/mol. The maximum atomic E-state index is 11.2. The number of hydrogen-bond donors (Lipinski definition) is 2. The van der Waals surface area contributed by atoms with Gasteiger partial charge in [0.25, 0.3) is 0 Å².